The Labute approximate surface area is 138 Å². The van der Waals surface area contributed by atoms with Gasteiger partial charge in [-0.3, -0.25) is 20.4 Å². The molecular formula is C15H17N5O2S. The first kappa shape index (κ1) is 16.8. The summed E-state index contributed by atoms with van der Waals surface area (Å²) in [5, 5.41) is 8.61. The summed E-state index contributed by atoms with van der Waals surface area (Å²) in [6.45, 7) is 6.09. The van der Waals surface area contributed by atoms with E-state index in [9.17, 15) is 9.59 Å². The van der Waals surface area contributed by atoms with Crippen molar-refractivity contribution >= 4 is 23.6 Å². The highest BCUT2D eigenvalue weighted by molar-refractivity contribution is 7.99. The Morgan fingerprint density at radius 3 is 2.70 bits per heavy atom. The lowest BCUT2D eigenvalue weighted by Gasteiger charge is -2.08. The van der Waals surface area contributed by atoms with Crippen molar-refractivity contribution in [3.8, 4) is 0 Å². The number of hydrazine groups is 1. The van der Waals surface area contributed by atoms with Crippen molar-refractivity contribution in [3.63, 3.8) is 0 Å². The van der Waals surface area contributed by atoms with Crippen LogP contribution in [0.3, 0.4) is 0 Å². The summed E-state index contributed by atoms with van der Waals surface area (Å²) in [6.07, 6.45) is 1.74. The molecule has 0 saturated carbocycles. The van der Waals surface area contributed by atoms with Crippen LogP contribution in [0.4, 0.5) is 0 Å². The molecule has 0 radical (unpaired) electrons. The Bertz CT molecular complexity index is 699. The number of nitrogens with zero attached hydrogens (tertiary/aromatic N) is 3. The van der Waals surface area contributed by atoms with Gasteiger partial charge in [0.1, 0.15) is 5.82 Å². The number of rotatable bonds is 6. The van der Waals surface area contributed by atoms with Gasteiger partial charge in [-0.05, 0) is 19.1 Å². The predicted molar refractivity (Wildman–Crippen MR) is 87.7 cm³/mol. The van der Waals surface area contributed by atoms with Crippen LogP contribution in [0.5, 0.6) is 0 Å². The highest BCUT2D eigenvalue weighted by Gasteiger charge is 2.11. The van der Waals surface area contributed by atoms with Crippen LogP contribution in [-0.4, -0.2) is 32.3 Å². The highest BCUT2D eigenvalue weighted by Crippen LogP contribution is 2.16. The average molecular weight is 331 g/mol. The van der Waals surface area contributed by atoms with E-state index in [1.54, 1.807) is 30.3 Å². The van der Waals surface area contributed by atoms with Crippen molar-refractivity contribution in [2.24, 2.45) is 0 Å². The van der Waals surface area contributed by atoms with E-state index in [1.165, 1.54) is 11.8 Å². The number of allylic oxidation sites excluding steroid dienone is 1. The summed E-state index contributed by atoms with van der Waals surface area (Å²) in [7, 11) is 0. The lowest BCUT2D eigenvalue weighted by molar-refractivity contribution is -0.119. The fraction of sp³-hybridized carbons (Fsp3) is 0.200. The van der Waals surface area contributed by atoms with Crippen LogP contribution < -0.4 is 10.9 Å². The summed E-state index contributed by atoms with van der Waals surface area (Å²) < 4.78 is 1.85. The second-order valence-electron chi connectivity index (χ2n) is 4.59. The van der Waals surface area contributed by atoms with Crippen LogP contribution >= 0.6 is 11.8 Å². The van der Waals surface area contributed by atoms with Crippen molar-refractivity contribution in [1.29, 1.82) is 0 Å². The van der Waals surface area contributed by atoms with Crippen LogP contribution in [0.1, 0.15) is 16.2 Å². The van der Waals surface area contributed by atoms with E-state index >= 15 is 0 Å². The Morgan fingerprint density at radius 1 is 1.26 bits per heavy atom. The van der Waals surface area contributed by atoms with E-state index in [2.05, 4.69) is 27.6 Å². The summed E-state index contributed by atoms with van der Waals surface area (Å²) >= 11 is 1.24. The number of nitrogens with one attached hydrogen (secondary N) is 2. The molecule has 0 bridgehead atoms. The quantitative estimate of drug-likeness (QED) is 0.473. The van der Waals surface area contributed by atoms with E-state index < -0.39 is 0 Å². The van der Waals surface area contributed by atoms with Gasteiger partial charge in [0.05, 0.1) is 5.75 Å². The molecule has 1 aromatic heterocycles. The molecule has 1 heterocycles. The number of amides is 2. The van der Waals surface area contributed by atoms with Gasteiger partial charge in [-0.15, -0.1) is 16.8 Å². The number of aryl methyl sites for hydroxylation is 1. The smallest absolute Gasteiger partial charge is 0.269 e. The summed E-state index contributed by atoms with van der Waals surface area (Å²) in [5.74, 6) is 0.176. The maximum absolute atomic E-state index is 11.8. The van der Waals surface area contributed by atoms with Gasteiger partial charge in [0.25, 0.3) is 5.91 Å². The third kappa shape index (κ3) is 4.68. The molecule has 1 aromatic carbocycles. The fourth-order valence-electron chi connectivity index (χ4n) is 1.76. The molecule has 0 saturated heterocycles. The number of carbonyl (C=O) groups is 2. The molecule has 2 aromatic rings. The second-order valence-corrected chi connectivity index (χ2v) is 5.53. The van der Waals surface area contributed by atoms with Crippen molar-refractivity contribution < 1.29 is 9.59 Å². The zero-order valence-corrected chi connectivity index (χ0v) is 13.5. The molecule has 2 rings (SSSR count). The minimum absolute atomic E-state index is 0.115. The number of carbonyl (C=O) groups excluding carboxylic acids is 2. The summed E-state index contributed by atoms with van der Waals surface area (Å²) in [5.41, 5.74) is 5.22. The molecule has 0 fully saturated rings. The first-order valence-corrected chi connectivity index (χ1v) is 7.88. The second kappa shape index (κ2) is 8.14. The molecule has 23 heavy (non-hydrogen) atoms. The van der Waals surface area contributed by atoms with E-state index in [1.807, 2.05) is 17.6 Å². The van der Waals surface area contributed by atoms with E-state index in [0.717, 1.165) is 5.82 Å². The van der Waals surface area contributed by atoms with E-state index in [-0.39, 0.29) is 17.6 Å². The van der Waals surface area contributed by atoms with Gasteiger partial charge >= 0.3 is 0 Å². The Balaban J connectivity index is 1.82. The third-order valence-corrected chi connectivity index (χ3v) is 3.86. The Morgan fingerprint density at radius 2 is 2.00 bits per heavy atom. The van der Waals surface area contributed by atoms with Gasteiger partial charge in [0, 0.05) is 12.1 Å². The third-order valence-electron chi connectivity index (χ3n) is 2.90. The van der Waals surface area contributed by atoms with Gasteiger partial charge in [-0.1, -0.05) is 36.0 Å². The zero-order chi connectivity index (χ0) is 16.7. The van der Waals surface area contributed by atoms with Crippen LogP contribution in [-0.2, 0) is 11.3 Å². The molecule has 0 spiro atoms. The maximum Gasteiger partial charge on any atom is 0.269 e. The van der Waals surface area contributed by atoms with Crippen LogP contribution in [0.25, 0.3) is 0 Å². The molecular weight excluding hydrogens is 314 g/mol. The van der Waals surface area contributed by atoms with Crippen molar-refractivity contribution in [2.45, 2.75) is 18.6 Å². The molecule has 0 aliphatic carbocycles. The van der Waals surface area contributed by atoms with Crippen molar-refractivity contribution in [2.75, 3.05) is 5.75 Å². The summed E-state index contributed by atoms with van der Waals surface area (Å²) in [6, 6.07) is 8.64. The van der Waals surface area contributed by atoms with Gasteiger partial charge in [0.2, 0.25) is 5.91 Å². The van der Waals surface area contributed by atoms with Crippen molar-refractivity contribution in [3.05, 3.63) is 54.4 Å². The highest BCUT2D eigenvalue weighted by atomic mass is 32.2. The largest absolute Gasteiger partial charge is 0.302 e. The van der Waals surface area contributed by atoms with Gasteiger partial charge < -0.3 is 4.57 Å². The topological polar surface area (TPSA) is 88.9 Å². The first-order chi connectivity index (χ1) is 11.1. The van der Waals surface area contributed by atoms with Gasteiger partial charge in [-0.2, -0.15) is 0 Å². The van der Waals surface area contributed by atoms with Gasteiger partial charge in [0.15, 0.2) is 5.16 Å². The molecule has 0 aliphatic rings. The van der Waals surface area contributed by atoms with Crippen LogP contribution in [0, 0.1) is 6.92 Å². The first-order valence-electron chi connectivity index (χ1n) is 6.89. The minimum Gasteiger partial charge on any atom is -0.302 e. The predicted octanol–water partition coefficient (Wildman–Crippen LogP) is 1.33. The molecule has 2 N–H and O–H groups in total. The average Bonchev–Trinajstić information content (AvgIpc) is 2.92. The normalized spacial score (nSPS) is 10.1. The van der Waals surface area contributed by atoms with E-state index in [0.29, 0.717) is 17.3 Å². The molecule has 120 valence electrons. The van der Waals surface area contributed by atoms with Crippen LogP contribution in [0.2, 0.25) is 0 Å². The van der Waals surface area contributed by atoms with Gasteiger partial charge in [-0.25, -0.2) is 0 Å². The van der Waals surface area contributed by atoms with E-state index in [4.69, 9.17) is 0 Å². The summed E-state index contributed by atoms with van der Waals surface area (Å²) in [4.78, 5) is 23.6. The SMILES string of the molecule is C=CCn1c(C)nnc1SCC(=O)NNC(=O)c1ccccc1. The molecule has 8 heteroatoms. The monoisotopic (exact) mass is 331 g/mol. The zero-order valence-electron chi connectivity index (χ0n) is 12.7. The molecule has 2 amide bonds. The van der Waals surface area contributed by atoms with Crippen LogP contribution in [0.15, 0.2) is 48.1 Å². The lowest BCUT2D eigenvalue weighted by Crippen LogP contribution is -2.42. The minimum atomic E-state index is -0.366. The molecule has 7 nitrogen and oxygen atoms in total. The number of hydrogen-bond acceptors (Lipinski definition) is 5. The molecule has 0 unspecified atom stereocenters. The fourth-order valence-corrected chi connectivity index (χ4v) is 2.56. The number of benzene rings is 1. The standard InChI is InChI=1S/C15H17N5O2S/c1-3-9-20-11(2)16-19-15(20)23-10-13(21)17-18-14(22)12-7-5-4-6-8-12/h3-8H,1,9-10H2,2H3,(H,17,21)(H,18,22). The maximum atomic E-state index is 11.8. The lowest BCUT2D eigenvalue weighted by atomic mass is 10.2. The number of thioether (sulfide) groups is 1. The van der Waals surface area contributed by atoms with Crippen molar-refractivity contribution in [1.82, 2.24) is 25.6 Å². The Hall–Kier alpha value is -2.61. The number of hydrogen-bond donors (Lipinski definition) is 2. The molecule has 0 aliphatic heterocycles. The molecule has 0 atom stereocenters. The number of aromatic nitrogens is 3. The Kier molecular flexibility index (Phi) is 5.93.